The van der Waals surface area contributed by atoms with E-state index >= 15 is 0 Å². The second-order valence-electron chi connectivity index (χ2n) is 6.27. The summed E-state index contributed by atoms with van der Waals surface area (Å²) in [6.07, 6.45) is 2.75. The number of carbonyl (C=O) groups is 2. The molecule has 1 saturated heterocycles. The molecule has 0 aliphatic carbocycles. The maximum Gasteiger partial charge on any atom is 0.410 e. The third-order valence-electron chi connectivity index (χ3n) is 3.57. The number of Topliss-reactive ketones (excluding diaryl/α,β-unsaturated/α-hetero) is 1. The molecule has 0 aromatic carbocycles. The summed E-state index contributed by atoms with van der Waals surface area (Å²) in [6, 6.07) is 0. The average Bonchev–Trinajstić information content (AvgIpc) is 2.64. The number of nitrogens with one attached hydrogen (secondary N) is 1. The Kier molecular flexibility index (Phi) is 3.21. The molecule has 0 aromatic rings. The molecule has 106 valence electrons. The lowest BCUT2D eigenvalue weighted by molar-refractivity contribution is -0.163. The van der Waals surface area contributed by atoms with E-state index in [2.05, 4.69) is 5.32 Å². The van der Waals surface area contributed by atoms with Crippen LogP contribution in [0, 0.1) is 11.8 Å². The molecular weight excluding hydrogens is 246 g/mol. The Hall–Kier alpha value is -1.36. The van der Waals surface area contributed by atoms with E-state index in [0.717, 1.165) is 0 Å². The molecule has 0 spiro atoms. The van der Waals surface area contributed by atoms with E-state index in [9.17, 15) is 9.59 Å². The van der Waals surface area contributed by atoms with E-state index in [0.29, 0.717) is 0 Å². The molecule has 0 radical (unpaired) electrons. The highest BCUT2D eigenvalue weighted by Gasteiger charge is 2.53. The maximum absolute atomic E-state index is 12.1. The van der Waals surface area contributed by atoms with Gasteiger partial charge < -0.3 is 9.47 Å². The first kappa shape index (κ1) is 14.1. The van der Waals surface area contributed by atoms with Gasteiger partial charge in [0.05, 0.1) is 12.0 Å². The summed E-state index contributed by atoms with van der Waals surface area (Å²) in [7, 11) is 0. The van der Waals surface area contributed by atoms with Crippen molar-refractivity contribution >= 4 is 11.9 Å². The Bertz CT molecular complexity index is 437. The van der Waals surface area contributed by atoms with Crippen molar-refractivity contribution in [3.05, 3.63) is 12.2 Å². The summed E-state index contributed by atoms with van der Waals surface area (Å²) < 4.78 is 11.0. The second kappa shape index (κ2) is 4.34. The molecule has 1 fully saturated rings. The number of hydrogen-bond donors (Lipinski definition) is 1. The first-order chi connectivity index (χ1) is 8.65. The normalized spacial score (nSPS) is 37.3. The Balaban J connectivity index is 2.14. The summed E-state index contributed by atoms with van der Waals surface area (Å²) in [5, 5.41) is 2.69. The summed E-state index contributed by atoms with van der Waals surface area (Å²) in [5.41, 5.74) is -1.64. The van der Waals surface area contributed by atoms with Gasteiger partial charge in [0.1, 0.15) is 11.4 Å². The molecule has 2 bridgehead atoms. The van der Waals surface area contributed by atoms with Crippen LogP contribution in [0.15, 0.2) is 12.2 Å². The molecule has 1 amide bonds. The zero-order valence-corrected chi connectivity index (χ0v) is 12.0. The number of hydrogen-bond acceptors (Lipinski definition) is 4. The number of amides is 1. The largest absolute Gasteiger partial charge is 0.444 e. The lowest BCUT2D eigenvalue weighted by Gasteiger charge is -2.41. The molecule has 0 saturated carbocycles. The molecule has 1 N–H and O–H groups in total. The van der Waals surface area contributed by atoms with Gasteiger partial charge in [-0.2, -0.15) is 0 Å². The van der Waals surface area contributed by atoms with Crippen molar-refractivity contribution < 1.29 is 19.1 Å². The Morgan fingerprint density at radius 1 is 1.42 bits per heavy atom. The van der Waals surface area contributed by atoms with Gasteiger partial charge in [0.2, 0.25) is 0 Å². The molecule has 0 aromatic heterocycles. The number of carbonyl (C=O) groups excluding carboxylic acids is 2. The van der Waals surface area contributed by atoms with Gasteiger partial charge in [-0.3, -0.25) is 10.1 Å². The van der Waals surface area contributed by atoms with Gasteiger partial charge in [-0.15, -0.1) is 0 Å². The fourth-order valence-corrected chi connectivity index (χ4v) is 2.47. The molecule has 2 aliphatic rings. The van der Waals surface area contributed by atoms with Crippen LogP contribution < -0.4 is 5.32 Å². The van der Waals surface area contributed by atoms with Crippen molar-refractivity contribution in [3.8, 4) is 0 Å². The van der Waals surface area contributed by atoms with E-state index in [1.54, 1.807) is 33.8 Å². The van der Waals surface area contributed by atoms with E-state index < -0.39 is 23.3 Å². The summed E-state index contributed by atoms with van der Waals surface area (Å²) in [5.74, 6) is -0.510. The Labute approximate surface area is 113 Å². The van der Waals surface area contributed by atoms with Crippen LogP contribution >= 0.6 is 0 Å². The van der Waals surface area contributed by atoms with Gasteiger partial charge in [-0.1, -0.05) is 19.9 Å². The summed E-state index contributed by atoms with van der Waals surface area (Å²) in [6.45, 7) is 8.97. The Morgan fingerprint density at radius 3 is 2.63 bits per heavy atom. The van der Waals surface area contributed by atoms with Crippen molar-refractivity contribution in [2.45, 2.75) is 52.0 Å². The number of fused-ring (bicyclic) bond motifs is 2. The fourth-order valence-electron chi connectivity index (χ4n) is 2.47. The second-order valence-corrected chi connectivity index (χ2v) is 6.27. The molecule has 19 heavy (non-hydrogen) atoms. The van der Waals surface area contributed by atoms with Gasteiger partial charge >= 0.3 is 6.09 Å². The zero-order valence-electron chi connectivity index (χ0n) is 12.0. The lowest BCUT2D eigenvalue weighted by Crippen LogP contribution is -2.60. The fraction of sp³-hybridized carbons (Fsp3) is 0.714. The van der Waals surface area contributed by atoms with Crippen LogP contribution in [0.4, 0.5) is 4.79 Å². The predicted molar refractivity (Wildman–Crippen MR) is 69.4 cm³/mol. The number of ketones is 1. The first-order valence-electron chi connectivity index (χ1n) is 6.57. The van der Waals surface area contributed by atoms with E-state index in [1.165, 1.54) is 0 Å². The van der Waals surface area contributed by atoms with Crippen molar-refractivity contribution in [1.82, 2.24) is 5.32 Å². The third-order valence-corrected chi connectivity index (χ3v) is 3.57. The van der Waals surface area contributed by atoms with Crippen LogP contribution in [0.1, 0.15) is 34.6 Å². The topological polar surface area (TPSA) is 64.6 Å². The van der Waals surface area contributed by atoms with E-state index in [-0.39, 0.29) is 17.8 Å². The number of rotatable bonds is 1. The first-order valence-corrected chi connectivity index (χ1v) is 6.57. The Morgan fingerprint density at radius 2 is 2.05 bits per heavy atom. The molecule has 2 heterocycles. The van der Waals surface area contributed by atoms with Gasteiger partial charge in [-0.05, 0) is 26.8 Å². The number of ether oxygens (including phenoxy) is 2. The summed E-state index contributed by atoms with van der Waals surface area (Å²) in [4.78, 5) is 24.0. The highest BCUT2D eigenvalue weighted by Crippen LogP contribution is 2.39. The zero-order chi connectivity index (χ0) is 14.4. The minimum absolute atomic E-state index is 0.0947. The standard InChI is InChI=1S/C14H21NO4/c1-8-10-6-7-14(18-10,9(2)11(8)16)15-12(17)19-13(3,4)5/h6-10H,1-5H3,(H,15,17)/t8-,9+,10+,14-/m0/s1. The molecular formula is C14H21NO4. The van der Waals surface area contributed by atoms with Crippen LogP contribution in [0.5, 0.6) is 0 Å². The lowest BCUT2D eigenvalue weighted by atomic mass is 9.84. The predicted octanol–water partition coefficient (Wildman–Crippen LogP) is 2.02. The van der Waals surface area contributed by atoms with E-state index in [4.69, 9.17) is 9.47 Å². The molecule has 4 atom stereocenters. The minimum atomic E-state index is -1.06. The molecule has 5 heteroatoms. The van der Waals surface area contributed by atoms with Crippen molar-refractivity contribution in [2.75, 3.05) is 0 Å². The van der Waals surface area contributed by atoms with Crippen molar-refractivity contribution in [2.24, 2.45) is 11.8 Å². The van der Waals surface area contributed by atoms with Gasteiger partial charge in [0.25, 0.3) is 0 Å². The minimum Gasteiger partial charge on any atom is -0.444 e. The van der Waals surface area contributed by atoms with Crippen LogP contribution in [-0.2, 0) is 14.3 Å². The maximum atomic E-state index is 12.1. The highest BCUT2D eigenvalue weighted by molar-refractivity contribution is 5.87. The molecule has 2 rings (SSSR count). The monoisotopic (exact) mass is 267 g/mol. The van der Waals surface area contributed by atoms with Crippen molar-refractivity contribution in [3.63, 3.8) is 0 Å². The quantitative estimate of drug-likeness (QED) is 0.738. The molecule has 0 unspecified atom stereocenters. The van der Waals surface area contributed by atoms with Gasteiger partial charge in [0.15, 0.2) is 5.72 Å². The van der Waals surface area contributed by atoms with Crippen LogP contribution in [0.3, 0.4) is 0 Å². The third kappa shape index (κ3) is 2.52. The van der Waals surface area contributed by atoms with Gasteiger partial charge in [0, 0.05) is 5.92 Å². The average molecular weight is 267 g/mol. The summed E-state index contributed by atoms with van der Waals surface area (Å²) >= 11 is 0. The highest BCUT2D eigenvalue weighted by atomic mass is 16.6. The molecule has 2 aliphatic heterocycles. The smallest absolute Gasteiger partial charge is 0.410 e. The van der Waals surface area contributed by atoms with Crippen LogP contribution in [-0.4, -0.2) is 29.3 Å². The van der Waals surface area contributed by atoms with E-state index in [1.807, 2.05) is 13.0 Å². The van der Waals surface area contributed by atoms with Crippen molar-refractivity contribution in [1.29, 1.82) is 0 Å². The SMILES string of the molecule is C[C@@H]1C(=O)[C@@H](C)[C@]2(NC(=O)OC(C)(C)C)C=C[C@H]1O2. The number of alkyl carbamates (subject to hydrolysis) is 1. The van der Waals surface area contributed by atoms with Crippen LogP contribution in [0.2, 0.25) is 0 Å². The molecule has 5 nitrogen and oxygen atoms in total. The van der Waals surface area contributed by atoms with Gasteiger partial charge in [-0.25, -0.2) is 4.79 Å². The van der Waals surface area contributed by atoms with Crippen LogP contribution in [0.25, 0.3) is 0 Å².